The lowest BCUT2D eigenvalue weighted by Crippen LogP contribution is -2.43. The molecule has 0 saturated heterocycles. The normalized spacial score (nSPS) is 16.0. The Bertz CT molecular complexity index is 706. The second kappa shape index (κ2) is 7.39. The number of benzene rings is 2. The highest BCUT2D eigenvalue weighted by Gasteiger charge is 2.42. The van der Waals surface area contributed by atoms with Crippen molar-refractivity contribution in [3.63, 3.8) is 0 Å². The van der Waals surface area contributed by atoms with Crippen LogP contribution in [0.1, 0.15) is 36.8 Å². The van der Waals surface area contributed by atoms with E-state index in [1.807, 2.05) is 36.4 Å². The lowest BCUT2D eigenvalue weighted by Gasteiger charge is -2.28. The first-order valence-electron chi connectivity index (χ1n) is 8.49. The van der Waals surface area contributed by atoms with Gasteiger partial charge in [0.2, 0.25) is 5.91 Å². The number of anilines is 1. The molecule has 1 aliphatic rings. The molecule has 4 heteroatoms. The molecule has 1 aliphatic carbocycles. The van der Waals surface area contributed by atoms with E-state index >= 15 is 0 Å². The zero-order valence-corrected chi connectivity index (χ0v) is 15.3. The van der Waals surface area contributed by atoms with Crippen molar-refractivity contribution in [2.75, 3.05) is 12.3 Å². The summed E-state index contributed by atoms with van der Waals surface area (Å²) in [7, 11) is 0. The van der Waals surface area contributed by atoms with Crippen LogP contribution in [0.15, 0.2) is 53.0 Å². The highest BCUT2D eigenvalue weighted by molar-refractivity contribution is 9.10. The van der Waals surface area contributed by atoms with Crippen molar-refractivity contribution in [2.24, 2.45) is 0 Å². The highest BCUT2D eigenvalue weighted by atomic mass is 79.9. The quantitative estimate of drug-likeness (QED) is 0.756. The molecule has 0 aromatic heterocycles. The Morgan fingerprint density at radius 3 is 2.50 bits per heavy atom. The molecule has 1 amide bonds. The average Bonchev–Trinajstić information content (AvgIpc) is 3.08. The number of nitrogens with one attached hydrogen (secondary N) is 1. The third kappa shape index (κ3) is 3.64. The predicted octanol–water partition coefficient (Wildman–Crippen LogP) is 4.20. The maximum Gasteiger partial charge on any atom is 0.230 e. The summed E-state index contributed by atoms with van der Waals surface area (Å²) in [5.74, 6) is 0.161. The maximum absolute atomic E-state index is 13.0. The van der Waals surface area contributed by atoms with Crippen LogP contribution >= 0.6 is 15.9 Å². The van der Waals surface area contributed by atoms with E-state index in [0.29, 0.717) is 6.54 Å². The van der Waals surface area contributed by atoms with Gasteiger partial charge in [-0.05, 0) is 54.7 Å². The van der Waals surface area contributed by atoms with Crippen LogP contribution in [-0.2, 0) is 16.6 Å². The number of rotatable bonds is 5. The van der Waals surface area contributed by atoms with Gasteiger partial charge in [0.15, 0.2) is 0 Å². The van der Waals surface area contributed by atoms with Crippen molar-refractivity contribution in [3.8, 4) is 0 Å². The summed E-state index contributed by atoms with van der Waals surface area (Å²) in [6, 6.07) is 16.0. The minimum atomic E-state index is -0.370. The van der Waals surface area contributed by atoms with E-state index in [2.05, 4.69) is 33.4 Å². The topological polar surface area (TPSA) is 55.1 Å². The van der Waals surface area contributed by atoms with Crippen molar-refractivity contribution in [1.29, 1.82) is 0 Å². The Labute approximate surface area is 151 Å². The van der Waals surface area contributed by atoms with E-state index in [1.165, 1.54) is 5.56 Å². The smallest absolute Gasteiger partial charge is 0.230 e. The molecule has 0 spiro atoms. The summed E-state index contributed by atoms with van der Waals surface area (Å²) in [5.41, 5.74) is 8.41. The first-order valence-corrected chi connectivity index (χ1v) is 9.28. The second-order valence-corrected chi connectivity index (χ2v) is 7.46. The Hall–Kier alpha value is -1.81. The van der Waals surface area contributed by atoms with Crippen LogP contribution < -0.4 is 11.1 Å². The van der Waals surface area contributed by atoms with Gasteiger partial charge in [-0.25, -0.2) is 0 Å². The molecule has 3 nitrogen and oxygen atoms in total. The summed E-state index contributed by atoms with van der Waals surface area (Å²) in [6.07, 6.45) is 4.89. The third-order valence-corrected chi connectivity index (χ3v) is 5.44. The summed E-state index contributed by atoms with van der Waals surface area (Å²) < 4.78 is 1.03. The standard InChI is InChI=1S/C20H23BrN2O/c21-17-5-3-4-16(14-17)20(11-1-2-12-20)19(24)23-13-10-15-6-8-18(22)9-7-15/h3-9,14H,1-2,10-13,22H2,(H,23,24). The number of carbonyl (C=O) groups excluding carboxylic acids is 1. The van der Waals surface area contributed by atoms with Gasteiger partial charge in [-0.3, -0.25) is 4.79 Å². The van der Waals surface area contributed by atoms with Crippen molar-refractivity contribution < 1.29 is 4.79 Å². The Balaban J connectivity index is 1.68. The Morgan fingerprint density at radius 1 is 1.12 bits per heavy atom. The van der Waals surface area contributed by atoms with Gasteiger partial charge >= 0.3 is 0 Å². The van der Waals surface area contributed by atoms with Crippen LogP contribution in [0.25, 0.3) is 0 Å². The number of nitrogens with two attached hydrogens (primary N) is 1. The van der Waals surface area contributed by atoms with Crippen molar-refractivity contribution in [2.45, 2.75) is 37.5 Å². The number of halogens is 1. The number of nitrogen functional groups attached to an aromatic ring is 1. The van der Waals surface area contributed by atoms with Crippen LogP contribution in [0.2, 0.25) is 0 Å². The SMILES string of the molecule is Nc1ccc(CCNC(=O)C2(c3cccc(Br)c3)CCCC2)cc1. The van der Waals surface area contributed by atoms with E-state index < -0.39 is 0 Å². The minimum Gasteiger partial charge on any atom is -0.399 e. The van der Waals surface area contributed by atoms with Gasteiger partial charge in [0.1, 0.15) is 0 Å². The molecule has 0 aliphatic heterocycles. The summed E-state index contributed by atoms with van der Waals surface area (Å²) in [5, 5.41) is 3.16. The summed E-state index contributed by atoms with van der Waals surface area (Å²) >= 11 is 3.53. The fraction of sp³-hybridized carbons (Fsp3) is 0.350. The monoisotopic (exact) mass is 386 g/mol. The van der Waals surface area contributed by atoms with Gasteiger partial charge in [-0.2, -0.15) is 0 Å². The van der Waals surface area contributed by atoms with Gasteiger partial charge in [-0.15, -0.1) is 0 Å². The van der Waals surface area contributed by atoms with Gasteiger partial charge in [0.05, 0.1) is 5.41 Å². The molecule has 3 N–H and O–H groups in total. The van der Waals surface area contributed by atoms with Crippen LogP contribution in [0.5, 0.6) is 0 Å². The van der Waals surface area contributed by atoms with Crippen LogP contribution in [0.3, 0.4) is 0 Å². The highest BCUT2D eigenvalue weighted by Crippen LogP contribution is 2.42. The maximum atomic E-state index is 13.0. The molecule has 126 valence electrons. The number of carbonyl (C=O) groups is 1. The van der Waals surface area contributed by atoms with Gasteiger partial charge in [-0.1, -0.05) is 53.0 Å². The molecule has 2 aromatic rings. The van der Waals surface area contributed by atoms with E-state index in [4.69, 9.17) is 5.73 Å². The molecular formula is C20H23BrN2O. The van der Waals surface area contributed by atoms with E-state index in [9.17, 15) is 4.79 Å². The average molecular weight is 387 g/mol. The summed E-state index contributed by atoms with van der Waals surface area (Å²) in [4.78, 5) is 13.0. The fourth-order valence-electron chi connectivity index (χ4n) is 3.59. The van der Waals surface area contributed by atoms with Gasteiger partial charge in [0, 0.05) is 16.7 Å². The van der Waals surface area contributed by atoms with Crippen LogP contribution in [0.4, 0.5) is 5.69 Å². The van der Waals surface area contributed by atoms with Crippen LogP contribution in [0, 0.1) is 0 Å². The molecule has 1 saturated carbocycles. The molecule has 0 unspecified atom stereocenters. The largest absolute Gasteiger partial charge is 0.399 e. The second-order valence-electron chi connectivity index (χ2n) is 6.55. The lowest BCUT2D eigenvalue weighted by atomic mass is 9.78. The first-order chi connectivity index (χ1) is 11.6. The van der Waals surface area contributed by atoms with E-state index in [1.54, 1.807) is 0 Å². The molecule has 0 radical (unpaired) electrons. The Morgan fingerprint density at radius 2 is 1.83 bits per heavy atom. The molecular weight excluding hydrogens is 364 g/mol. The fourth-order valence-corrected chi connectivity index (χ4v) is 3.98. The molecule has 24 heavy (non-hydrogen) atoms. The van der Waals surface area contributed by atoms with Gasteiger partial charge < -0.3 is 11.1 Å². The van der Waals surface area contributed by atoms with E-state index in [-0.39, 0.29) is 11.3 Å². The number of amides is 1. The number of hydrogen-bond acceptors (Lipinski definition) is 2. The summed E-state index contributed by atoms with van der Waals surface area (Å²) in [6.45, 7) is 0.651. The predicted molar refractivity (Wildman–Crippen MR) is 102 cm³/mol. The van der Waals surface area contributed by atoms with Crippen molar-refractivity contribution in [3.05, 3.63) is 64.1 Å². The van der Waals surface area contributed by atoms with Crippen molar-refractivity contribution >= 4 is 27.5 Å². The minimum absolute atomic E-state index is 0.161. The molecule has 3 rings (SSSR count). The molecule has 0 bridgehead atoms. The third-order valence-electron chi connectivity index (χ3n) is 4.95. The van der Waals surface area contributed by atoms with Crippen molar-refractivity contribution in [1.82, 2.24) is 5.32 Å². The Kier molecular flexibility index (Phi) is 5.24. The molecule has 0 atom stereocenters. The molecule has 2 aromatic carbocycles. The molecule has 1 fully saturated rings. The van der Waals surface area contributed by atoms with Crippen LogP contribution in [-0.4, -0.2) is 12.5 Å². The van der Waals surface area contributed by atoms with E-state index in [0.717, 1.165) is 47.8 Å². The molecule has 0 heterocycles. The van der Waals surface area contributed by atoms with Gasteiger partial charge in [0.25, 0.3) is 0 Å². The zero-order valence-electron chi connectivity index (χ0n) is 13.7. The first kappa shape index (κ1) is 17.0. The zero-order chi connectivity index (χ0) is 17.0. The lowest BCUT2D eigenvalue weighted by molar-refractivity contribution is -0.126. The number of hydrogen-bond donors (Lipinski definition) is 2.